The first-order valence-electron chi connectivity index (χ1n) is 9.10. The van der Waals surface area contributed by atoms with E-state index in [2.05, 4.69) is 0 Å². The second-order valence-corrected chi connectivity index (χ2v) is 7.06. The highest BCUT2D eigenvalue weighted by Gasteiger charge is 2.34. The van der Waals surface area contributed by atoms with E-state index in [1.54, 1.807) is 30.3 Å². The number of carboxylic acid groups (broad SMARTS) is 2. The molecule has 0 unspecified atom stereocenters. The van der Waals surface area contributed by atoms with Crippen LogP contribution in [0.1, 0.15) is 44.1 Å². The number of alkyl halides is 3. The highest BCUT2D eigenvalue weighted by molar-refractivity contribution is 5.74. The van der Waals surface area contributed by atoms with Gasteiger partial charge in [0.15, 0.2) is 0 Å². The Kier molecular flexibility index (Phi) is 9.40. The molecule has 1 aromatic carbocycles. The fourth-order valence-electron chi connectivity index (χ4n) is 3.32. The number of hydrogen-bond acceptors (Lipinski definition) is 4. The van der Waals surface area contributed by atoms with Crippen LogP contribution in [0.4, 0.5) is 13.2 Å². The molecule has 28 heavy (non-hydrogen) atoms. The molecule has 0 spiro atoms. The van der Waals surface area contributed by atoms with Gasteiger partial charge < -0.3 is 15.9 Å². The molecule has 0 amide bonds. The van der Waals surface area contributed by atoms with E-state index in [9.17, 15) is 22.8 Å². The smallest absolute Gasteiger partial charge is 0.457 e. The van der Waals surface area contributed by atoms with Crippen molar-refractivity contribution in [3.63, 3.8) is 0 Å². The number of nitrogens with one attached hydrogen (secondary N) is 1. The number of carboxylic acids is 2. The van der Waals surface area contributed by atoms with Crippen LogP contribution in [0.2, 0.25) is 0 Å². The fourth-order valence-corrected chi connectivity index (χ4v) is 3.32. The molecule has 0 saturated heterocycles. The molecule has 1 fully saturated rings. The van der Waals surface area contributed by atoms with Crippen LogP contribution in [-0.2, 0) is 16.0 Å². The van der Waals surface area contributed by atoms with E-state index in [1.165, 1.54) is 6.42 Å². The van der Waals surface area contributed by atoms with Gasteiger partial charge in [-0.3, -0.25) is 9.59 Å². The molecule has 1 aromatic rings. The topological polar surface area (TPSA) is 113 Å². The lowest BCUT2D eigenvalue weighted by Gasteiger charge is -2.34. The summed E-state index contributed by atoms with van der Waals surface area (Å²) in [5, 5.41) is 18.4. The summed E-state index contributed by atoms with van der Waals surface area (Å²) in [4.78, 5) is 21.2. The monoisotopic (exact) mass is 404 g/mol. The summed E-state index contributed by atoms with van der Waals surface area (Å²) in [5.74, 6) is -2.23. The first-order chi connectivity index (χ1) is 13.1. The van der Waals surface area contributed by atoms with Gasteiger partial charge in [-0.15, -0.1) is 0 Å². The summed E-state index contributed by atoms with van der Waals surface area (Å²) in [6.07, 6.45) is 0.860. The van der Waals surface area contributed by atoms with Crippen molar-refractivity contribution in [2.75, 3.05) is 6.54 Å². The van der Waals surface area contributed by atoms with Gasteiger partial charge in [0.05, 0.1) is 6.42 Å². The van der Waals surface area contributed by atoms with Gasteiger partial charge in [-0.25, -0.2) is 5.32 Å². The predicted octanol–water partition coefficient (Wildman–Crippen LogP) is 3.16. The number of nitrogens with two attached hydrogens (primary N) is 1. The first kappa shape index (κ1) is 23.9. The van der Waals surface area contributed by atoms with Crippen molar-refractivity contribution in [3.8, 4) is 0 Å². The largest absolute Gasteiger partial charge is 0.481 e. The third-order valence-corrected chi connectivity index (χ3v) is 4.79. The maximum atomic E-state index is 12.0. The molecule has 0 aliphatic heterocycles. The van der Waals surface area contributed by atoms with Gasteiger partial charge in [-0.1, -0.05) is 49.6 Å². The molecule has 1 saturated carbocycles. The Morgan fingerprint density at radius 1 is 1.11 bits per heavy atom. The number of carbonyl (C=O) groups is 2. The van der Waals surface area contributed by atoms with Crippen molar-refractivity contribution >= 4 is 11.9 Å². The zero-order valence-electron chi connectivity index (χ0n) is 15.5. The van der Waals surface area contributed by atoms with Crippen molar-refractivity contribution in [1.82, 2.24) is 5.32 Å². The van der Waals surface area contributed by atoms with E-state index in [0.717, 1.165) is 31.0 Å². The molecule has 0 radical (unpaired) electrons. The molecule has 6 nitrogen and oxygen atoms in total. The first-order valence-corrected chi connectivity index (χ1v) is 9.10. The minimum atomic E-state index is -4.70. The van der Waals surface area contributed by atoms with Crippen LogP contribution in [0, 0.1) is 5.41 Å². The molecule has 1 aliphatic rings. The van der Waals surface area contributed by atoms with Gasteiger partial charge in [-0.05, 0) is 36.8 Å². The molecule has 5 N–H and O–H groups in total. The van der Waals surface area contributed by atoms with E-state index >= 15 is 0 Å². The van der Waals surface area contributed by atoms with E-state index in [-0.39, 0.29) is 18.3 Å². The summed E-state index contributed by atoms with van der Waals surface area (Å²) in [5.41, 5.74) is 6.08. The van der Waals surface area contributed by atoms with Crippen LogP contribution in [0.15, 0.2) is 30.3 Å². The normalized spacial score (nSPS) is 17.1. The van der Waals surface area contributed by atoms with Crippen LogP contribution in [0.3, 0.4) is 0 Å². The summed E-state index contributed by atoms with van der Waals surface area (Å²) in [6.45, 7) is 0.527. The zero-order chi connectivity index (χ0) is 21.2. The molecule has 0 heterocycles. The minimum Gasteiger partial charge on any atom is -0.481 e. The summed E-state index contributed by atoms with van der Waals surface area (Å²) in [6, 6.07) is 6.48. The molecule has 1 aliphatic carbocycles. The van der Waals surface area contributed by atoms with E-state index in [1.807, 2.05) is 0 Å². The Labute approximate surface area is 161 Å². The minimum absolute atomic E-state index is 0.0793. The lowest BCUT2D eigenvalue weighted by molar-refractivity contribution is -0.174. The second-order valence-electron chi connectivity index (χ2n) is 7.06. The lowest BCUT2D eigenvalue weighted by atomic mass is 9.72. The van der Waals surface area contributed by atoms with Gasteiger partial charge in [0.1, 0.15) is 6.04 Å². The Morgan fingerprint density at radius 2 is 1.68 bits per heavy atom. The highest BCUT2D eigenvalue weighted by Crippen LogP contribution is 2.38. The van der Waals surface area contributed by atoms with Gasteiger partial charge in [0.25, 0.3) is 0 Å². The zero-order valence-corrected chi connectivity index (χ0v) is 15.5. The number of halogens is 3. The summed E-state index contributed by atoms with van der Waals surface area (Å²) < 4.78 is 36.0. The Hall–Kier alpha value is -2.13. The predicted molar refractivity (Wildman–Crippen MR) is 97.6 cm³/mol. The molecule has 158 valence electrons. The van der Waals surface area contributed by atoms with E-state index < -0.39 is 24.3 Å². The summed E-state index contributed by atoms with van der Waals surface area (Å²) >= 11 is 0. The average molecular weight is 404 g/mol. The molecular formula is C19H27F3N2O4. The standard InChI is InChI=1S/C10H10F3NO2.C9H17NO2/c11-10(12,13)14-8(9(15)16)6-7-4-2-1-3-5-7;10-7-9(6-8(11)12)4-2-1-3-5-9/h1-5,8,14H,6H2,(H,15,16);1-7,10H2,(H,11,12)/t8-;/m0./s1. The second kappa shape index (κ2) is 11.0. The lowest BCUT2D eigenvalue weighted by Crippen LogP contribution is -2.46. The fraction of sp³-hybridized carbons (Fsp3) is 0.579. The summed E-state index contributed by atoms with van der Waals surface area (Å²) in [7, 11) is 0. The molecule has 0 aromatic heterocycles. The van der Waals surface area contributed by atoms with Crippen molar-refractivity contribution in [1.29, 1.82) is 0 Å². The SMILES string of the molecule is NCC1(CC(=O)O)CCCCC1.O=C(O)[C@H](Cc1ccccc1)NC(F)(F)F. The van der Waals surface area contributed by atoms with Crippen LogP contribution in [0.5, 0.6) is 0 Å². The van der Waals surface area contributed by atoms with Crippen LogP contribution >= 0.6 is 0 Å². The molecule has 1 atom stereocenters. The maximum absolute atomic E-state index is 12.0. The maximum Gasteiger partial charge on any atom is 0.457 e. The van der Waals surface area contributed by atoms with Gasteiger partial charge in [-0.2, -0.15) is 13.2 Å². The average Bonchev–Trinajstić information content (AvgIpc) is 2.61. The Balaban J connectivity index is 0.000000292. The van der Waals surface area contributed by atoms with Gasteiger partial charge in [0.2, 0.25) is 0 Å². The van der Waals surface area contributed by atoms with Crippen molar-refractivity contribution in [2.45, 2.75) is 57.3 Å². The molecule has 0 bridgehead atoms. The number of rotatable bonds is 7. The van der Waals surface area contributed by atoms with Crippen LogP contribution < -0.4 is 11.1 Å². The Morgan fingerprint density at radius 3 is 2.11 bits per heavy atom. The van der Waals surface area contributed by atoms with E-state index in [0.29, 0.717) is 12.1 Å². The third-order valence-electron chi connectivity index (χ3n) is 4.79. The quantitative estimate of drug-likeness (QED) is 0.519. The molecular weight excluding hydrogens is 377 g/mol. The van der Waals surface area contributed by atoms with Gasteiger partial charge >= 0.3 is 18.2 Å². The van der Waals surface area contributed by atoms with Gasteiger partial charge in [0, 0.05) is 0 Å². The third kappa shape index (κ3) is 9.18. The number of hydrogen-bond donors (Lipinski definition) is 4. The van der Waals surface area contributed by atoms with Crippen LogP contribution in [-0.4, -0.2) is 41.0 Å². The van der Waals surface area contributed by atoms with Crippen LogP contribution in [0.25, 0.3) is 0 Å². The number of benzene rings is 1. The van der Waals surface area contributed by atoms with Crippen molar-refractivity contribution in [2.24, 2.45) is 11.1 Å². The molecule has 9 heteroatoms. The Bertz CT molecular complexity index is 617. The van der Waals surface area contributed by atoms with E-state index in [4.69, 9.17) is 15.9 Å². The molecule has 2 rings (SSSR count). The highest BCUT2D eigenvalue weighted by atomic mass is 19.4. The van der Waals surface area contributed by atoms with Crippen molar-refractivity contribution < 1.29 is 33.0 Å². The van der Waals surface area contributed by atoms with Crippen molar-refractivity contribution in [3.05, 3.63) is 35.9 Å². The number of aliphatic carboxylic acids is 2.